The van der Waals surface area contributed by atoms with Crippen LogP contribution in [0.3, 0.4) is 0 Å². The van der Waals surface area contributed by atoms with Gasteiger partial charge in [0.1, 0.15) is 0 Å². The summed E-state index contributed by atoms with van der Waals surface area (Å²) in [6.07, 6.45) is 5.27. The molecule has 0 aliphatic heterocycles. The molecular weight excluding hydrogens is 166 g/mol. The van der Waals surface area contributed by atoms with Crippen molar-refractivity contribution in [3.8, 4) is 0 Å². The Morgan fingerprint density at radius 1 is 1.62 bits per heavy atom. The van der Waals surface area contributed by atoms with Crippen LogP contribution in [0.2, 0.25) is 0 Å². The van der Waals surface area contributed by atoms with Crippen molar-refractivity contribution in [2.75, 3.05) is 0 Å². The Kier molecular flexibility index (Phi) is 2.59. The summed E-state index contributed by atoms with van der Waals surface area (Å²) >= 11 is 0. The van der Waals surface area contributed by atoms with Crippen molar-refractivity contribution < 1.29 is 4.52 Å². The van der Waals surface area contributed by atoms with E-state index in [1.807, 2.05) is 0 Å². The van der Waals surface area contributed by atoms with Crippen LogP contribution in [0.4, 0.5) is 0 Å². The lowest BCUT2D eigenvalue weighted by molar-refractivity contribution is 0.214. The molecule has 1 aliphatic rings. The first-order valence-electron chi connectivity index (χ1n) is 4.87. The second-order valence-electron chi connectivity index (χ2n) is 3.67. The highest BCUT2D eigenvalue weighted by molar-refractivity contribution is 4.86. The molecule has 0 aromatic carbocycles. The third kappa shape index (κ3) is 2.06. The zero-order valence-electron chi connectivity index (χ0n) is 7.86. The summed E-state index contributed by atoms with van der Waals surface area (Å²) < 4.78 is 4.64. The van der Waals surface area contributed by atoms with Gasteiger partial charge >= 0.3 is 0 Å². The average Bonchev–Trinajstić information content (AvgIpc) is 2.54. The summed E-state index contributed by atoms with van der Waals surface area (Å²) in [5.74, 6) is 1.68. The predicted octanol–water partition coefficient (Wildman–Crippen LogP) is 1.35. The maximum absolute atomic E-state index is 4.64. The number of nitrogens with one attached hydrogen (secondary N) is 1. The fraction of sp³-hybridized carbons (Fsp3) is 0.778. The standard InChI is InChI=1S/C9H15N3O/c1-2-7-3-8(4-7)10-5-9-11-6-13-12-9/h6-8,10H,2-5H2,1H3. The Hall–Kier alpha value is -0.900. The van der Waals surface area contributed by atoms with E-state index < -0.39 is 0 Å². The third-order valence-electron chi connectivity index (χ3n) is 2.77. The Morgan fingerprint density at radius 2 is 2.46 bits per heavy atom. The fourth-order valence-corrected chi connectivity index (χ4v) is 1.74. The molecule has 0 unspecified atom stereocenters. The highest BCUT2D eigenvalue weighted by atomic mass is 16.5. The first kappa shape index (κ1) is 8.69. The van der Waals surface area contributed by atoms with Crippen LogP contribution in [0, 0.1) is 5.92 Å². The molecule has 0 spiro atoms. The summed E-state index contributed by atoms with van der Waals surface area (Å²) in [5, 5.41) is 7.14. The lowest BCUT2D eigenvalue weighted by atomic mass is 9.79. The van der Waals surface area contributed by atoms with Gasteiger partial charge in [0.15, 0.2) is 5.82 Å². The molecule has 1 heterocycles. The van der Waals surface area contributed by atoms with Gasteiger partial charge < -0.3 is 9.84 Å². The maximum Gasteiger partial charge on any atom is 0.213 e. The third-order valence-corrected chi connectivity index (χ3v) is 2.77. The quantitative estimate of drug-likeness (QED) is 0.761. The summed E-state index contributed by atoms with van der Waals surface area (Å²) in [7, 11) is 0. The topological polar surface area (TPSA) is 51.0 Å². The van der Waals surface area contributed by atoms with Gasteiger partial charge in [0.25, 0.3) is 0 Å². The van der Waals surface area contributed by atoms with Gasteiger partial charge in [0.2, 0.25) is 6.39 Å². The van der Waals surface area contributed by atoms with E-state index in [1.165, 1.54) is 25.7 Å². The maximum atomic E-state index is 4.64. The Bertz CT molecular complexity index is 241. The largest absolute Gasteiger partial charge is 0.343 e. The number of hydrogen-bond acceptors (Lipinski definition) is 4. The van der Waals surface area contributed by atoms with Crippen molar-refractivity contribution in [1.29, 1.82) is 0 Å². The van der Waals surface area contributed by atoms with E-state index in [-0.39, 0.29) is 0 Å². The van der Waals surface area contributed by atoms with Crippen molar-refractivity contribution in [3.63, 3.8) is 0 Å². The molecule has 4 nitrogen and oxygen atoms in total. The summed E-state index contributed by atoms with van der Waals surface area (Å²) in [5.41, 5.74) is 0. The van der Waals surface area contributed by atoms with E-state index in [4.69, 9.17) is 0 Å². The minimum absolute atomic E-state index is 0.670. The summed E-state index contributed by atoms with van der Waals surface area (Å²) in [6.45, 7) is 2.98. The van der Waals surface area contributed by atoms with E-state index in [0.717, 1.165) is 18.3 Å². The first-order valence-corrected chi connectivity index (χ1v) is 4.87. The van der Waals surface area contributed by atoms with Crippen LogP contribution in [0.25, 0.3) is 0 Å². The first-order chi connectivity index (χ1) is 6.38. The molecule has 0 saturated heterocycles. The van der Waals surface area contributed by atoms with Crippen LogP contribution in [0.1, 0.15) is 32.0 Å². The lowest BCUT2D eigenvalue weighted by Gasteiger charge is -2.35. The van der Waals surface area contributed by atoms with Crippen LogP contribution < -0.4 is 5.32 Å². The van der Waals surface area contributed by atoms with Crippen LogP contribution >= 0.6 is 0 Å². The molecule has 0 radical (unpaired) electrons. The second-order valence-corrected chi connectivity index (χ2v) is 3.67. The molecule has 1 saturated carbocycles. The minimum Gasteiger partial charge on any atom is -0.343 e. The lowest BCUT2D eigenvalue weighted by Crippen LogP contribution is -2.40. The van der Waals surface area contributed by atoms with Gasteiger partial charge in [0, 0.05) is 6.04 Å². The van der Waals surface area contributed by atoms with E-state index in [2.05, 4.69) is 26.9 Å². The molecule has 13 heavy (non-hydrogen) atoms. The smallest absolute Gasteiger partial charge is 0.213 e. The van der Waals surface area contributed by atoms with Gasteiger partial charge in [-0.15, -0.1) is 0 Å². The highest BCUT2D eigenvalue weighted by Crippen LogP contribution is 2.29. The van der Waals surface area contributed by atoms with E-state index in [0.29, 0.717) is 6.04 Å². The van der Waals surface area contributed by atoms with Crippen molar-refractivity contribution in [1.82, 2.24) is 15.5 Å². The molecule has 2 rings (SSSR count). The Morgan fingerprint density at radius 3 is 3.08 bits per heavy atom. The van der Waals surface area contributed by atoms with Crippen molar-refractivity contribution in [2.24, 2.45) is 5.92 Å². The van der Waals surface area contributed by atoms with Gasteiger partial charge in [-0.1, -0.05) is 18.5 Å². The van der Waals surface area contributed by atoms with Crippen molar-refractivity contribution in [3.05, 3.63) is 12.2 Å². The molecule has 1 aromatic rings. The Balaban J connectivity index is 1.65. The molecule has 0 bridgehead atoms. The molecule has 72 valence electrons. The minimum atomic E-state index is 0.670. The summed E-state index contributed by atoms with van der Waals surface area (Å²) in [4.78, 5) is 3.95. The van der Waals surface area contributed by atoms with E-state index in [9.17, 15) is 0 Å². The molecule has 0 amide bonds. The molecule has 1 N–H and O–H groups in total. The molecule has 4 heteroatoms. The second kappa shape index (κ2) is 3.87. The zero-order valence-corrected chi connectivity index (χ0v) is 7.86. The molecule has 1 aliphatic carbocycles. The van der Waals surface area contributed by atoms with Gasteiger partial charge in [0.05, 0.1) is 6.54 Å². The monoisotopic (exact) mass is 181 g/mol. The number of rotatable bonds is 4. The Labute approximate surface area is 77.7 Å². The van der Waals surface area contributed by atoms with Gasteiger partial charge in [-0.05, 0) is 18.8 Å². The number of hydrogen-bond donors (Lipinski definition) is 1. The van der Waals surface area contributed by atoms with Crippen LogP contribution in [0.5, 0.6) is 0 Å². The molecular formula is C9H15N3O. The van der Waals surface area contributed by atoms with Crippen molar-refractivity contribution in [2.45, 2.75) is 38.8 Å². The molecule has 0 atom stereocenters. The van der Waals surface area contributed by atoms with Crippen molar-refractivity contribution >= 4 is 0 Å². The fourth-order valence-electron chi connectivity index (χ4n) is 1.74. The van der Waals surface area contributed by atoms with Crippen LogP contribution in [-0.2, 0) is 6.54 Å². The van der Waals surface area contributed by atoms with E-state index in [1.54, 1.807) is 0 Å². The van der Waals surface area contributed by atoms with E-state index >= 15 is 0 Å². The molecule has 1 aromatic heterocycles. The van der Waals surface area contributed by atoms with Crippen LogP contribution in [-0.4, -0.2) is 16.2 Å². The SMILES string of the molecule is CCC1CC(NCc2ncon2)C1. The number of nitrogens with zero attached hydrogens (tertiary/aromatic N) is 2. The predicted molar refractivity (Wildman–Crippen MR) is 47.9 cm³/mol. The van der Waals surface area contributed by atoms with Gasteiger partial charge in [-0.3, -0.25) is 0 Å². The zero-order chi connectivity index (χ0) is 9.10. The molecule has 1 fully saturated rings. The highest BCUT2D eigenvalue weighted by Gasteiger charge is 2.26. The van der Waals surface area contributed by atoms with Crippen LogP contribution in [0.15, 0.2) is 10.9 Å². The normalized spacial score (nSPS) is 27.2. The number of aromatic nitrogens is 2. The van der Waals surface area contributed by atoms with Gasteiger partial charge in [-0.25, -0.2) is 0 Å². The van der Waals surface area contributed by atoms with Gasteiger partial charge in [-0.2, -0.15) is 4.98 Å². The average molecular weight is 181 g/mol. The summed E-state index contributed by atoms with van der Waals surface area (Å²) in [6, 6.07) is 0.670.